The Labute approximate surface area is 219 Å². The fourth-order valence-corrected chi connectivity index (χ4v) is 3.44. The van der Waals surface area contributed by atoms with Crippen LogP contribution >= 0.6 is 0 Å². The first-order valence-electron chi connectivity index (χ1n) is 11.7. The molecule has 0 unspecified atom stereocenters. The van der Waals surface area contributed by atoms with E-state index in [1.54, 1.807) is 60.7 Å². The summed E-state index contributed by atoms with van der Waals surface area (Å²) in [6.07, 6.45) is 0. The summed E-state index contributed by atoms with van der Waals surface area (Å²) < 4.78 is 13.0. The van der Waals surface area contributed by atoms with Crippen molar-refractivity contribution in [2.75, 3.05) is 25.5 Å². The van der Waals surface area contributed by atoms with E-state index in [4.69, 9.17) is 10.9 Å². The zero-order valence-electron chi connectivity index (χ0n) is 20.7. The molecule has 0 aromatic heterocycles. The lowest BCUT2D eigenvalue weighted by Crippen LogP contribution is -2.50. The molecule has 0 spiro atoms. The number of carbonyl (C=O) groups is 3. The molecule has 1 atom stereocenters. The Hall–Kier alpha value is -4.56. The molecule has 0 saturated carbocycles. The van der Waals surface area contributed by atoms with Gasteiger partial charge in [-0.15, -0.1) is 0 Å². The largest absolute Gasteiger partial charge is 0.339 e. The van der Waals surface area contributed by atoms with Gasteiger partial charge in [-0.2, -0.15) is 0 Å². The van der Waals surface area contributed by atoms with Gasteiger partial charge < -0.3 is 16.4 Å². The lowest BCUT2D eigenvalue weighted by Gasteiger charge is -2.16. The van der Waals surface area contributed by atoms with Crippen LogP contribution < -0.4 is 21.8 Å². The van der Waals surface area contributed by atoms with Crippen molar-refractivity contribution in [1.29, 1.82) is 0 Å². The second-order valence-corrected chi connectivity index (χ2v) is 8.49. The highest BCUT2D eigenvalue weighted by atomic mass is 19.1. The van der Waals surface area contributed by atoms with Crippen molar-refractivity contribution in [1.82, 2.24) is 15.7 Å². The van der Waals surface area contributed by atoms with Gasteiger partial charge in [0.05, 0.1) is 6.54 Å². The lowest BCUT2D eigenvalue weighted by atomic mass is 10.1. The van der Waals surface area contributed by atoms with Gasteiger partial charge in [0.1, 0.15) is 11.9 Å². The normalized spacial score (nSPS) is 11.2. The summed E-state index contributed by atoms with van der Waals surface area (Å²) in [4.78, 5) is 37.9. The molecule has 0 radical (unpaired) electrons. The molecular formula is C28H28FN5O4. The Morgan fingerprint density at radius 2 is 1.53 bits per heavy atom. The number of benzene rings is 3. The minimum Gasteiger partial charge on any atom is -0.339 e. The minimum atomic E-state index is -1.05. The first kappa shape index (κ1) is 28.0. The number of hydrogen-bond acceptors (Lipinski definition) is 6. The molecule has 0 saturated heterocycles. The van der Waals surface area contributed by atoms with Crippen molar-refractivity contribution in [3.05, 3.63) is 101 Å². The van der Waals surface area contributed by atoms with Crippen molar-refractivity contribution in [2.45, 2.75) is 12.6 Å². The third-order valence-corrected chi connectivity index (χ3v) is 5.41. The van der Waals surface area contributed by atoms with E-state index >= 15 is 0 Å². The zero-order chi connectivity index (χ0) is 27.5. The predicted molar refractivity (Wildman–Crippen MR) is 140 cm³/mol. The summed E-state index contributed by atoms with van der Waals surface area (Å²) in [7, 11) is 1.81. The molecular weight excluding hydrogens is 489 g/mol. The van der Waals surface area contributed by atoms with Gasteiger partial charge in [0.15, 0.2) is 0 Å². The Bertz CT molecular complexity index is 1320. The first-order valence-corrected chi connectivity index (χ1v) is 11.7. The number of anilines is 1. The number of carbonyl (C=O) groups excluding carboxylic acids is 3. The molecule has 0 bridgehead atoms. The van der Waals surface area contributed by atoms with E-state index in [2.05, 4.69) is 22.5 Å². The van der Waals surface area contributed by atoms with Crippen LogP contribution in [0.25, 0.3) is 0 Å². The predicted octanol–water partition coefficient (Wildman–Crippen LogP) is 1.86. The summed E-state index contributed by atoms with van der Waals surface area (Å²) in [5, 5.41) is 14.0. The molecule has 0 heterocycles. The maximum atomic E-state index is 13.0. The number of halogens is 1. The van der Waals surface area contributed by atoms with Gasteiger partial charge in [0, 0.05) is 35.5 Å². The van der Waals surface area contributed by atoms with Crippen LogP contribution in [0.5, 0.6) is 0 Å². The molecule has 10 heteroatoms. The summed E-state index contributed by atoms with van der Waals surface area (Å²) in [6.45, 7) is 0.524. The van der Waals surface area contributed by atoms with E-state index in [0.717, 1.165) is 11.1 Å². The fourth-order valence-electron chi connectivity index (χ4n) is 3.44. The first-order chi connectivity index (χ1) is 18.3. The molecule has 0 fully saturated rings. The molecule has 0 aliphatic carbocycles. The number of amides is 3. The number of rotatable bonds is 9. The highest BCUT2D eigenvalue weighted by molar-refractivity contribution is 5.97. The summed E-state index contributed by atoms with van der Waals surface area (Å²) in [6, 6.07) is 18.7. The van der Waals surface area contributed by atoms with Crippen LogP contribution in [-0.4, -0.2) is 54.0 Å². The Morgan fingerprint density at radius 1 is 0.947 bits per heavy atom. The highest BCUT2D eigenvalue weighted by Gasteiger charge is 2.19. The van der Waals surface area contributed by atoms with Crippen molar-refractivity contribution < 1.29 is 24.0 Å². The molecule has 3 aromatic rings. The van der Waals surface area contributed by atoms with Crippen LogP contribution in [-0.2, 0) is 16.1 Å². The summed E-state index contributed by atoms with van der Waals surface area (Å²) in [5.74, 6) is 4.24. The van der Waals surface area contributed by atoms with Gasteiger partial charge in [0.25, 0.3) is 11.8 Å². The van der Waals surface area contributed by atoms with Crippen LogP contribution in [0.2, 0.25) is 0 Å². The number of nitrogens with one attached hydrogen (secondary N) is 3. The number of hydroxylamine groups is 1. The van der Waals surface area contributed by atoms with Gasteiger partial charge in [0.2, 0.25) is 5.91 Å². The maximum absolute atomic E-state index is 13.0. The molecule has 0 aliphatic heterocycles. The van der Waals surface area contributed by atoms with Gasteiger partial charge in [-0.25, -0.2) is 9.87 Å². The lowest BCUT2D eigenvalue weighted by molar-refractivity contribution is -0.130. The third kappa shape index (κ3) is 8.53. The van der Waals surface area contributed by atoms with Crippen LogP contribution in [0.4, 0.5) is 10.1 Å². The molecule has 3 aromatic carbocycles. The number of nitrogens with two attached hydrogens (primary N) is 1. The van der Waals surface area contributed by atoms with E-state index in [9.17, 15) is 18.8 Å². The quantitative estimate of drug-likeness (QED) is 0.167. The molecule has 3 rings (SSSR count). The fraction of sp³-hybridized carbons (Fsp3) is 0.179. The van der Waals surface area contributed by atoms with Crippen LogP contribution in [0, 0.1) is 17.7 Å². The van der Waals surface area contributed by atoms with Gasteiger partial charge in [-0.3, -0.25) is 24.5 Å². The van der Waals surface area contributed by atoms with E-state index < -0.39 is 17.9 Å². The van der Waals surface area contributed by atoms with Crippen molar-refractivity contribution in [3.63, 3.8) is 0 Å². The molecule has 0 aliphatic rings. The smallest absolute Gasteiger partial charge is 0.267 e. The van der Waals surface area contributed by atoms with Gasteiger partial charge in [-0.1, -0.05) is 24.0 Å². The Kier molecular flexibility index (Phi) is 10.1. The minimum absolute atomic E-state index is 0.168. The summed E-state index contributed by atoms with van der Waals surface area (Å²) in [5.41, 5.74) is 10.2. The molecule has 38 heavy (non-hydrogen) atoms. The molecule has 196 valence electrons. The molecule has 3 amide bonds. The van der Waals surface area contributed by atoms with E-state index in [-0.39, 0.29) is 24.8 Å². The monoisotopic (exact) mass is 517 g/mol. The standard InChI is InChI=1S/C28H28FN5O4/c1-34(17-21-6-12-23(29)13-7-21)18-26(35)31-24-14-8-20(9-15-24)3-2-19-4-10-22(11-5-19)27(36)32-25(16-30)28(37)33-38/h4-15,25,38H,16-18,30H2,1H3,(H,31,35)(H,32,36)(H,33,37)/t25-/m0/s1. The average molecular weight is 518 g/mol. The van der Waals surface area contributed by atoms with Crippen molar-refractivity contribution in [2.24, 2.45) is 5.73 Å². The number of hydrogen-bond donors (Lipinski definition) is 5. The Balaban J connectivity index is 1.51. The van der Waals surface area contributed by atoms with Crippen molar-refractivity contribution in [3.8, 4) is 11.8 Å². The SMILES string of the molecule is CN(CC(=O)Nc1ccc(C#Cc2ccc(C(=O)N[C@@H](CN)C(=O)NO)cc2)cc1)Cc1ccc(F)cc1. The summed E-state index contributed by atoms with van der Waals surface area (Å²) >= 11 is 0. The van der Waals surface area contributed by atoms with E-state index in [1.807, 2.05) is 11.9 Å². The van der Waals surface area contributed by atoms with Crippen LogP contribution in [0.1, 0.15) is 27.0 Å². The second-order valence-electron chi connectivity index (χ2n) is 8.49. The van der Waals surface area contributed by atoms with Gasteiger partial charge in [-0.05, 0) is 73.3 Å². The maximum Gasteiger partial charge on any atom is 0.267 e. The number of likely N-dealkylation sites (N-methyl/N-ethyl adjacent to an activating group) is 1. The van der Waals surface area contributed by atoms with Gasteiger partial charge >= 0.3 is 0 Å². The third-order valence-electron chi connectivity index (χ3n) is 5.41. The van der Waals surface area contributed by atoms with Crippen LogP contribution in [0.3, 0.4) is 0 Å². The van der Waals surface area contributed by atoms with Crippen molar-refractivity contribution >= 4 is 23.4 Å². The van der Waals surface area contributed by atoms with E-state index in [0.29, 0.717) is 23.4 Å². The average Bonchev–Trinajstić information content (AvgIpc) is 2.92. The zero-order valence-corrected chi connectivity index (χ0v) is 20.7. The van der Waals surface area contributed by atoms with E-state index in [1.165, 1.54) is 17.6 Å². The topological polar surface area (TPSA) is 137 Å². The highest BCUT2D eigenvalue weighted by Crippen LogP contribution is 2.11. The van der Waals surface area contributed by atoms with Crippen LogP contribution in [0.15, 0.2) is 72.8 Å². The molecule has 9 nitrogen and oxygen atoms in total. The Morgan fingerprint density at radius 3 is 2.08 bits per heavy atom. The molecule has 6 N–H and O–H groups in total. The number of nitrogens with zero attached hydrogens (tertiary/aromatic N) is 1. The second kappa shape index (κ2) is 13.7.